The van der Waals surface area contributed by atoms with Crippen molar-refractivity contribution in [3.8, 4) is 0 Å². The third-order valence-electron chi connectivity index (χ3n) is 4.42. The molecule has 0 aliphatic carbocycles. The largest absolute Gasteiger partial charge is 0.398 e. The number of fused-ring (bicyclic) bond motifs is 1. The number of nitrogen functional groups attached to an aromatic ring is 1. The zero-order valence-corrected chi connectivity index (χ0v) is 12.1. The molecule has 2 aliphatic rings. The fourth-order valence-corrected chi connectivity index (χ4v) is 3.50. The molecule has 0 spiro atoms. The number of hydrogen-bond donors (Lipinski definition) is 1. The normalized spacial score (nSPS) is 25.2. The molecule has 2 heterocycles. The Balaban J connectivity index is 1.64. The Hall–Kier alpha value is -0.770. The van der Waals surface area contributed by atoms with Gasteiger partial charge in [0.15, 0.2) is 0 Å². The molecule has 0 aromatic heterocycles. The number of piperazine rings is 1. The first-order valence-electron chi connectivity index (χ1n) is 7.23. The molecular weight excluding hydrogens is 258 g/mol. The van der Waals surface area contributed by atoms with E-state index in [2.05, 4.69) is 15.9 Å². The molecule has 2 saturated heterocycles. The number of piperidine rings is 1. The summed E-state index contributed by atoms with van der Waals surface area (Å²) in [6, 6.07) is 6.61. The Morgan fingerprint density at radius 3 is 2.95 bits per heavy atom. The molecule has 104 valence electrons. The highest BCUT2D eigenvalue weighted by atomic mass is 35.5. The van der Waals surface area contributed by atoms with Gasteiger partial charge in [-0.25, -0.2) is 0 Å². The zero-order valence-electron chi connectivity index (χ0n) is 11.3. The summed E-state index contributed by atoms with van der Waals surface area (Å²) in [7, 11) is 0. The van der Waals surface area contributed by atoms with E-state index in [1.54, 1.807) is 0 Å². The van der Waals surface area contributed by atoms with Gasteiger partial charge >= 0.3 is 0 Å². The lowest BCUT2D eigenvalue weighted by molar-refractivity contribution is 0.0458. The van der Waals surface area contributed by atoms with E-state index >= 15 is 0 Å². The van der Waals surface area contributed by atoms with E-state index in [4.69, 9.17) is 17.3 Å². The van der Waals surface area contributed by atoms with E-state index in [0.29, 0.717) is 0 Å². The molecule has 1 aromatic carbocycles. The van der Waals surface area contributed by atoms with Crippen molar-refractivity contribution in [1.82, 2.24) is 9.80 Å². The summed E-state index contributed by atoms with van der Waals surface area (Å²) in [5.74, 6) is 0. The zero-order chi connectivity index (χ0) is 13.2. The highest BCUT2D eigenvalue weighted by molar-refractivity contribution is 6.30. The quantitative estimate of drug-likeness (QED) is 0.845. The van der Waals surface area contributed by atoms with Gasteiger partial charge in [0.05, 0.1) is 0 Å². The van der Waals surface area contributed by atoms with E-state index in [1.807, 2.05) is 12.1 Å². The number of nitrogens with two attached hydrogens (primary N) is 1. The van der Waals surface area contributed by atoms with Crippen LogP contribution in [0, 0.1) is 0 Å². The smallest absolute Gasteiger partial charge is 0.0426 e. The topological polar surface area (TPSA) is 32.5 Å². The molecule has 0 radical (unpaired) electrons. The van der Waals surface area contributed by atoms with Crippen molar-refractivity contribution in [2.45, 2.75) is 31.8 Å². The van der Waals surface area contributed by atoms with Crippen LogP contribution in [0.2, 0.25) is 5.02 Å². The van der Waals surface area contributed by atoms with Gasteiger partial charge in [0, 0.05) is 42.9 Å². The summed E-state index contributed by atoms with van der Waals surface area (Å²) in [4.78, 5) is 5.19. The summed E-state index contributed by atoms with van der Waals surface area (Å²) in [5, 5.41) is 0.721. The molecule has 2 aliphatic heterocycles. The molecule has 1 atom stereocenters. The third-order valence-corrected chi connectivity index (χ3v) is 4.66. The summed E-state index contributed by atoms with van der Waals surface area (Å²) >= 11 is 5.95. The van der Waals surface area contributed by atoms with Gasteiger partial charge in [-0.05, 0) is 37.1 Å². The van der Waals surface area contributed by atoms with Gasteiger partial charge in [0.1, 0.15) is 0 Å². The average molecular weight is 280 g/mol. The second-order valence-electron chi connectivity index (χ2n) is 5.76. The Bertz CT molecular complexity index is 449. The Morgan fingerprint density at radius 2 is 2.11 bits per heavy atom. The van der Waals surface area contributed by atoms with Crippen LogP contribution in [-0.4, -0.2) is 42.0 Å². The van der Waals surface area contributed by atoms with Crippen LogP contribution in [0.4, 0.5) is 5.69 Å². The maximum absolute atomic E-state index is 6.05. The van der Waals surface area contributed by atoms with Crippen LogP contribution in [0.15, 0.2) is 18.2 Å². The van der Waals surface area contributed by atoms with Crippen LogP contribution in [0.25, 0.3) is 0 Å². The van der Waals surface area contributed by atoms with Crippen LogP contribution < -0.4 is 5.73 Å². The average Bonchev–Trinajstić information content (AvgIpc) is 2.42. The van der Waals surface area contributed by atoms with Crippen LogP contribution in [0.5, 0.6) is 0 Å². The number of anilines is 1. The van der Waals surface area contributed by atoms with E-state index in [0.717, 1.165) is 29.8 Å². The van der Waals surface area contributed by atoms with Crippen LogP contribution in [-0.2, 0) is 6.54 Å². The van der Waals surface area contributed by atoms with Crippen molar-refractivity contribution >= 4 is 17.3 Å². The Labute approximate surface area is 120 Å². The number of halogens is 1. The summed E-state index contributed by atoms with van der Waals surface area (Å²) in [6.07, 6.45) is 4.12. The maximum atomic E-state index is 6.05. The van der Waals surface area contributed by atoms with E-state index in [-0.39, 0.29) is 0 Å². The van der Waals surface area contributed by atoms with Crippen LogP contribution in [0.3, 0.4) is 0 Å². The van der Waals surface area contributed by atoms with Crippen molar-refractivity contribution in [2.75, 3.05) is 31.9 Å². The lowest BCUT2D eigenvalue weighted by Gasteiger charge is -2.44. The summed E-state index contributed by atoms with van der Waals surface area (Å²) in [5.41, 5.74) is 8.07. The van der Waals surface area contributed by atoms with Crippen molar-refractivity contribution in [3.63, 3.8) is 0 Å². The Kier molecular flexibility index (Phi) is 3.96. The second kappa shape index (κ2) is 5.70. The minimum absolute atomic E-state index is 0.721. The van der Waals surface area contributed by atoms with Crippen LogP contribution >= 0.6 is 11.6 Å². The van der Waals surface area contributed by atoms with E-state index < -0.39 is 0 Å². The monoisotopic (exact) mass is 279 g/mol. The van der Waals surface area contributed by atoms with Gasteiger partial charge < -0.3 is 5.73 Å². The molecule has 3 rings (SSSR count). The summed E-state index contributed by atoms with van der Waals surface area (Å²) < 4.78 is 0. The molecule has 4 heteroatoms. The highest BCUT2D eigenvalue weighted by Crippen LogP contribution is 2.24. The number of hydrogen-bond acceptors (Lipinski definition) is 3. The van der Waals surface area contributed by atoms with Crippen molar-refractivity contribution in [1.29, 1.82) is 0 Å². The van der Waals surface area contributed by atoms with Crippen molar-refractivity contribution in [3.05, 3.63) is 28.8 Å². The minimum atomic E-state index is 0.721. The molecule has 19 heavy (non-hydrogen) atoms. The molecule has 0 amide bonds. The first kappa shape index (κ1) is 13.2. The fraction of sp³-hybridized carbons (Fsp3) is 0.600. The third kappa shape index (κ3) is 3.04. The second-order valence-corrected chi connectivity index (χ2v) is 6.20. The number of rotatable bonds is 2. The molecule has 2 fully saturated rings. The van der Waals surface area contributed by atoms with Gasteiger partial charge in [-0.3, -0.25) is 9.80 Å². The van der Waals surface area contributed by atoms with Crippen LogP contribution in [0.1, 0.15) is 24.8 Å². The van der Waals surface area contributed by atoms with Gasteiger partial charge in [0.25, 0.3) is 0 Å². The first-order chi connectivity index (χ1) is 9.22. The van der Waals surface area contributed by atoms with E-state index in [9.17, 15) is 0 Å². The highest BCUT2D eigenvalue weighted by Gasteiger charge is 2.28. The Morgan fingerprint density at radius 1 is 1.21 bits per heavy atom. The minimum Gasteiger partial charge on any atom is -0.398 e. The molecule has 2 N–H and O–H groups in total. The van der Waals surface area contributed by atoms with Gasteiger partial charge in [-0.1, -0.05) is 24.1 Å². The number of benzene rings is 1. The molecule has 0 bridgehead atoms. The van der Waals surface area contributed by atoms with Gasteiger partial charge in [0.2, 0.25) is 0 Å². The molecular formula is C15H22ClN3. The van der Waals surface area contributed by atoms with E-state index in [1.165, 1.54) is 44.5 Å². The van der Waals surface area contributed by atoms with Gasteiger partial charge in [-0.2, -0.15) is 0 Å². The SMILES string of the molecule is Nc1cc(Cl)ccc1CN1CCN2CCCCC2C1. The van der Waals surface area contributed by atoms with Crippen molar-refractivity contribution < 1.29 is 0 Å². The fourth-order valence-electron chi connectivity index (χ4n) is 3.31. The van der Waals surface area contributed by atoms with Crippen molar-refractivity contribution in [2.24, 2.45) is 0 Å². The molecule has 3 nitrogen and oxygen atoms in total. The maximum Gasteiger partial charge on any atom is 0.0426 e. The predicted molar refractivity (Wildman–Crippen MR) is 80.4 cm³/mol. The summed E-state index contributed by atoms with van der Waals surface area (Å²) in [6.45, 7) is 5.79. The first-order valence-corrected chi connectivity index (χ1v) is 7.60. The number of nitrogens with zero attached hydrogens (tertiary/aromatic N) is 2. The molecule has 0 saturated carbocycles. The standard InChI is InChI=1S/C15H22ClN3/c16-13-5-4-12(15(17)9-13)10-18-7-8-19-6-2-1-3-14(19)11-18/h4-5,9,14H,1-3,6-8,10-11,17H2. The lowest BCUT2D eigenvalue weighted by atomic mass is 9.99. The molecule has 1 aromatic rings. The molecule has 1 unspecified atom stereocenters. The lowest BCUT2D eigenvalue weighted by Crippen LogP contribution is -2.54. The van der Waals surface area contributed by atoms with Gasteiger partial charge in [-0.15, -0.1) is 0 Å². The predicted octanol–water partition coefficient (Wildman–Crippen LogP) is 2.59.